The van der Waals surface area contributed by atoms with Gasteiger partial charge in [0.15, 0.2) is 0 Å². The predicted molar refractivity (Wildman–Crippen MR) is 48.0 cm³/mol. The van der Waals surface area contributed by atoms with E-state index in [1.807, 2.05) is 0 Å². The quantitative estimate of drug-likeness (QED) is 0.481. The van der Waals surface area contributed by atoms with Gasteiger partial charge in [-0.25, -0.2) is 0 Å². The molecule has 0 spiro atoms. The lowest BCUT2D eigenvalue weighted by Gasteiger charge is -2.28. The Morgan fingerprint density at radius 3 is 1.90 bits per heavy atom. The minimum absolute atomic E-state index is 0.00777. The van der Waals surface area contributed by atoms with Crippen molar-refractivity contribution < 1.29 is 40.0 Å². The van der Waals surface area contributed by atoms with Gasteiger partial charge in [-0.3, -0.25) is 10.1 Å². The molecule has 0 aliphatic carbocycles. The summed E-state index contributed by atoms with van der Waals surface area (Å²) in [7, 11) is 0. The monoisotopic (exact) mass is 309 g/mol. The van der Waals surface area contributed by atoms with Gasteiger partial charge in [-0.15, -0.1) is 0 Å². The van der Waals surface area contributed by atoms with Gasteiger partial charge in [0.2, 0.25) is 5.82 Å². The van der Waals surface area contributed by atoms with Gasteiger partial charge in [0.25, 0.3) is 0 Å². The maximum atomic E-state index is 13.2. The van der Waals surface area contributed by atoms with E-state index in [-0.39, 0.29) is 18.2 Å². The Kier molecular flexibility index (Phi) is 3.68. The second-order valence-corrected chi connectivity index (χ2v) is 3.57. The molecule has 0 saturated heterocycles. The number of benzene rings is 1. The zero-order valence-electron chi connectivity index (χ0n) is 9.02. The number of nitro benzene ring substituents is 1. The Labute approximate surface area is 105 Å². The van der Waals surface area contributed by atoms with Crippen LogP contribution < -0.4 is 0 Å². The first kappa shape index (κ1) is 16.1. The van der Waals surface area contributed by atoms with Crippen molar-refractivity contribution in [1.29, 1.82) is 0 Å². The van der Waals surface area contributed by atoms with Crippen molar-refractivity contribution in [3.8, 4) is 0 Å². The van der Waals surface area contributed by atoms with E-state index < -0.39 is 40.0 Å². The average Bonchev–Trinajstić information content (AvgIpc) is 2.27. The molecule has 112 valence electrons. The fourth-order valence-corrected chi connectivity index (χ4v) is 1.21. The molecule has 0 heterocycles. The number of hydrogen-bond acceptors (Lipinski definition) is 2. The van der Waals surface area contributed by atoms with E-state index in [4.69, 9.17) is 0 Å². The molecule has 3 nitrogen and oxygen atoms in total. The molecule has 0 atom stereocenters. The van der Waals surface area contributed by atoms with Gasteiger partial charge in [0.05, 0.1) is 4.92 Å². The van der Waals surface area contributed by atoms with Gasteiger partial charge in [-0.2, -0.15) is 35.1 Å². The minimum Gasteiger partial charge on any atom is -0.258 e. The van der Waals surface area contributed by atoms with Gasteiger partial charge >= 0.3 is 23.7 Å². The van der Waals surface area contributed by atoms with Gasteiger partial charge in [0, 0.05) is 11.6 Å². The van der Waals surface area contributed by atoms with Crippen LogP contribution >= 0.6 is 0 Å². The summed E-state index contributed by atoms with van der Waals surface area (Å²) in [6.07, 6.45) is -6.58. The highest BCUT2D eigenvalue weighted by atomic mass is 19.4. The standard InChI is InChI=1S/C9H3F8NO2/c10-5-2-1-4(3-6(5)18(19)20)7(11,12)8(13,14)9(15,16)17/h1-3H. The van der Waals surface area contributed by atoms with Crippen LogP contribution in [0.15, 0.2) is 18.2 Å². The van der Waals surface area contributed by atoms with Crippen LogP contribution in [0.4, 0.5) is 40.8 Å². The molecule has 0 fully saturated rings. The first-order chi connectivity index (χ1) is 8.82. The summed E-state index contributed by atoms with van der Waals surface area (Å²) in [6, 6.07) is -0.440. The average molecular weight is 309 g/mol. The van der Waals surface area contributed by atoms with Gasteiger partial charge in [-0.05, 0) is 12.1 Å². The lowest BCUT2D eigenvalue weighted by atomic mass is 10.0. The molecule has 1 rings (SSSR count). The highest BCUT2D eigenvalue weighted by molar-refractivity contribution is 5.39. The highest BCUT2D eigenvalue weighted by Crippen LogP contribution is 2.52. The highest BCUT2D eigenvalue weighted by Gasteiger charge is 2.73. The number of hydrogen-bond donors (Lipinski definition) is 0. The summed E-state index contributed by atoms with van der Waals surface area (Å²) in [5.74, 6) is -13.9. The Balaban J connectivity index is 3.44. The first-order valence-electron chi connectivity index (χ1n) is 4.59. The second-order valence-electron chi connectivity index (χ2n) is 3.57. The zero-order valence-corrected chi connectivity index (χ0v) is 9.02. The normalized spacial score (nSPS) is 13.4. The van der Waals surface area contributed by atoms with Gasteiger partial charge in [0.1, 0.15) is 0 Å². The molecule has 1 aromatic rings. The van der Waals surface area contributed by atoms with E-state index in [1.54, 1.807) is 0 Å². The smallest absolute Gasteiger partial charge is 0.258 e. The zero-order chi connectivity index (χ0) is 15.9. The fraction of sp³-hybridized carbons (Fsp3) is 0.333. The molecule has 0 radical (unpaired) electrons. The van der Waals surface area contributed by atoms with Gasteiger partial charge < -0.3 is 0 Å². The lowest BCUT2D eigenvalue weighted by molar-refractivity contribution is -0.388. The Hall–Kier alpha value is -1.94. The SMILES string of the molecule is O=[N+]([O-])c1cc(C(F)(F)C(F)(F)C(F)(F)F)ccc1F. The Morgan fingerprint density at radius 1 is 1.00 bits per heavy atom. The van der Waals surface area contributed by atoms with Crippen molar-refractivity contribution in [2.45, 2.75) is 18.0 Å². The molecular weight excluding hydrogens is 306 g/mol. The Morgan fingerprint density at radius 2 is 1.50 bits per heavy atom. The molecule has 0 aromatic heterocycles. The maximum Gasteiger partial charge on any atom is 0.460 e. The van der Waals surface area contributed by atoms with E-state index >= 15 is 0 Å². The first-order valence-corrected chi connectivity index (χ1v) is 4.59. The van der Waals surface area contributed by atoms with Crippen molar-refractivity contribution in [2.75, 3.05) is 0 Å². The van der Waals surface area contributed by atoms with Crippen molar-refractivity contribution in [1.82, 2.24) is 0 Å². The van der Waals surface area contributed by atoms with Crippen LogP contribution in [-0.2, 0) is 5.92 Å². The molecule has 0 saturated carbocycles. The molecule has 0 bridgehead atoms. The fourth-order valence-electron chi connectivity index (χ4n) is 1.21. The molecular formula is C9H3F8NO2. The molecule has 0 amide bonds. The third kappa shape index (κ3) is 2.39. The molecule has 0 unspecified atom stereocenters. The Bertz CT molecular complexity index is 539. The summed E-state index contributed by atoms with van der Waals surface area (Å²) in [5, 5.41) is 10.3. The summed E-state index contributed by atoms with van der Waals surface area (Å²) >= 11 is 0. The molecule has 11 heteroatoms. The summed E-state index contributed by atoms with van der Waals surface area (Å²) in [4.78, 5) is 8.73. The predicted octanol–water partition coefficient (Wildman–Crippen LogP) is 4.02. The molecule has 0 N–H and O–H groups in total. The van der Waals surface area contributed by atoms with Crippen molar-refractivity contribution >= 4 is 5.69 Å². The van der Waals surface area contributed by atoms with Crippen LogP contribution in [0.25, 0.3) is 0 Å². The lowest BCUT2D eigenvalue weighted by Crippen LogP contribution is -2.50. The van der Waals surface area contributed by atoms with Crippen molar-refractivity contribution in [2.24, 2.45) is 0 Å². The maximum absolute atomic E-state index is 13.2. The van der Waals surface area contributed by atoms with E-state index in [9.17, 15) is 45.2 Å². The van der Waals surface area contributed by atoms with Crippen LogP contribution in [0.2, 0.25) is 0 Å². The third-order valence-corrected chi connectivity index (χ3v) is 2.26. The third-order valence-electron chi connectivity index (χ3n) is 2.26. The number of halogens is 8. The van der Waals surface area contributed by atoms with Crippen molar-refractivity contribution in [3.63, 3.8) is 0 Å². The number of rotatable bonds is 3. The second kappa shape index (κ2) is 4.56. The van der Waals surface area contributed by atoms with E-state index in [0.29, 0.717) is 0 Å². The van der Waals surface area contributed by atoms with Crippen LogP contribution in [0.5, 0.6) is 0 Å². The number of nitrogens with zero attached hydrogens (tertiary/aromatic N) is 1. The minimum atomic E-state index is -6.58. The molecule has 0 aliphatic heterocycles. The van der Waals surface area contributed by atoms with E-state index in [2.05, 4.69) is 0 Å². The molecule has 1 aromatic carbocycles. The van der Waals surface area contributed by atoms with Crippen LogP contribution in [0.3, 0.4) is 0 Å². The molecule has 0 aliphatic rings. The van der Waals surface area contributed by atoms with Crippen LogP contribution in [0.1, 0.15) is 5.56 Å². The van der Waals surface area contributed by atoms with Gasteiger partial charge in [-0.1, -0.05) is 0 Å². The summed E-state index contributed by atoms with van der Waals surface area (Å²) in [5.41, 5.74) is -3.66. The summed E-state index contributed by atoms with van der Waals surface area (Å²) < 4.78 is 100. The summed E-state index contributed by atoms with van der Waals surface area (Å²) in [6.45, 7) is 0. The topological polar surface area (TPSA) is 43.1 Å². The molecule has 20 heavy (non-hydrogen) atoms. The van der Waals surface area contributed by atoms with Crippen LogP contribution in [-0.4, -0.2) is 17.0 Å². The van der Waals surface area contributed by atoms with E-state index in [1.165, 1.54) is 0 Å². The number of alkyl halides is 7. The number of nitro groups is 1. The van der Waals surface area contributed by atoms with Crippen molar-refractivity contribution in [3.05, 3.63) is 39.7 Å². The van der Waals surface area contributed by atoms with Crippen LogP contribution in [0, 0.1) is 15.9 Å². The largest absolute Gasteiger partial charge is 0.460 e. The van der Waals surface area contributed by atoms with E-state index in [0.717, 1.165) is 0 Å².